The molecular formula is C13H18N2O2. The van der Waals surface area contributed by atoms with Crippen LogP contribution in [0.2, 0.25) is 0 Å². The lowest BCUT2D eigenvalue weighted by Gasteiger charge is -2.31. The van der Waals surface area contributed by atoms with Crippen molar-refractivity contribution in [3.63, 3.8) is 0 Å². The first-order valence-electron chi connectivity index (χ1n) is 5.97. The van der Waals surface area contributed by atoms with E-state index in [-0.39, 0.29) is 12.0 Å². The lowest BCUT2D eigenvalue weighted by Crippen LogP contribution is -2.44. The summed E-state index contributed by atoms with van der Waals surface area (Å²) in [5.41, 5.74) is 1.05. The van der Waals surface area contributed by atoms with Crippen molar-refractivity contribution < 1.29 is 9.63 Å². The summed E-state index contributed by atoms with van der Waals surface area (Å²) >= 11 is 0. The van der Waals surface area contributed by atoms with Crippen molar-refractivity contribution in [3.8, 4) is 0 Å². The number of benzene rings is 1. The first kappa shape index (κ1) is 12.1. The SMILES string of the molecule is NOC1CCCN(C(=O)Cc2ccccc2)C1. The number of amides is 1. The van der Waals surface area contributed by atoms with Gasteiger partial charge in [-0.1, -0.05) is 30.3 Å². The van der Waals surface area contributed by atoms with Crippen molar-refractivity contribution in [3.05, 3.63) is 35.9 Å². The fourth-order valence-electron chi connectivity index (χ4n) is 2.16. The second kappa shape index (κ2) is 5.80. The van der Waals surface area contributed by atoms with E-state index >= 15 is 0 Å². The van der Waals surface area contributed by atoms with E-state index in [1.165, 1.54) is 0 Å². The molecule has 1 aromatic rings. The molecule has 0 aliphatic carbocycles. The van der Waals surface area contributed by atoms with Crippen molar-refractivity contribution in [1.82, 2.24) is 4.90 Å². The van der Waals surface area contributed by atoms with E-state index in [1.54, 1.807) is 0 Å². The van der Waals surface area contributed by atoms with Gasteiger partial charge in [0.15, 0.2) is 0 Å². The molecule has 0 aromatic heterocycles. The largest absolute Gasteiger partial charge is 0.340 e. The normalized spacial score (nSPS) is 20.3. The molecule has 0 saturated carbocycles. The highest BCUT2D eigenvalue weighted by atomic mass is 16.6. The third-order valence-electron chi connectivity index (χ3n) is 3.12. The highest BCUT2D eigenvalue weighted by Crippen LogP contribution is 2.13. The van der Waals surface area contributed by atoms with Crippen LogP contribution in [0.4, 0.5) is 0 Å². The Bertz CT molecular complexity index is 367. The van der Waals surface area contributed by atoms with Gasteiger partial charge in [-0.25, -0.2) is 5.90 Å². The van der Waals surface area contributed by atoms with Crippen LogP contribution in [0, 0.1) is 0 Å². The van der Waals surface area contributed by atoms with E-state index in [2.05, 4.69) is 0 Å². The molecule has 1 fully saturated rings. The Kier molecular flexibility index (Phi) is 4.12. The molecule has 0 spiro atoms. The summed E-state index contributed by atoms with van der Waals surface area (Å²) in [7, 11) is 0. The molecule has 0 bridgehead atoms. The van der Waals surface area contributed by atoms with Gasteiger partial charge < -0.3 is 4.90 Å². The Morgan fingerprint density at radius 3 is 2.88 bits per heavy atom. The van der Waals surface area contributed by atoms with Gasteiger partial charge in [-0.05, 0) is 18.4 Å². The van der Waals surface area contributed by atoms with Crippen LogP contribution in [0.25, 0.3) is 0 Å². The first-order valence-corrected chi connectivity index (χ1v) is 5.97. The standard InChI is InChI=1S/C13H18N2O2/c14-17-12-7-4-8-15(10-12)13(16)9-11-5-2-1-3-6-11/h1-3,5-6,12H,4,7-10,14H2. The van der Waals surface area contributed by atoms with Gasteiger partial charge in [0.1, 0.15) is 0 Å². The van der Waals surface area contributed by atoms with Crippen molar-refractivity contribution in [2.24, 2.45) is 5.90 Å². The van der Waals surface area contributed by atoms with Crippen molar-refractivity contribution >= 4 is 5.91 Å². The number of rotatable bonds is 3. The molecule has 4 nitrogen and oxygen atoms in total. The Morgan fingerprint density at radius 2 is 2.18 bits per heavy atom. The Balaban J connectivity index is 1.91. The van der Waals surface area contributed by atoms with Crippen LogP contribution in [0.1, 0.15) is 18.4 Å². The molecule has 1 aliphatic rings. The van der Waals surface area contributed by atoms with Gasteiger partial charge in [-0.3, -0.25) is 9.63 Å². The molecule has 2 rings (SSSR count). The van der Waals surface area contributed by atoms with Crippen molar-refractivity contribution in [1.29, 1.82) is 0 Å². The molecule has 17 heavy (non-hydrogen) atoms. The highest BCUT2D eigenvalue weighted by molar-refractivity contribution is 5.78. The fraction of sp³-hybridized carbons (Fsp3) is 0.462. The summed E-state index contributed by atoms with van der Waals surface area (Å²) < 4.78 is 0. The van der Waals surface area contributed by atoms with Gasteiger partial charge in [0.05, 0.1) is 12.5 Å². The summed E-state index contributed by atoms with van der Waals surface area (Å²) in [6.45, 7) is 1.42. The molecule has 1 aromatic carbocycles. The zero-order chi connectivity index (χ0) is 12.1. The van der Waals surface area contributed by atoms with Gasteiger partial charge in [-0.15, -0.1) is 0 Å². The molecule has 4 heteroatoms. The molecule has 92 valence electrons. The van der Waals surface area contributed by atoms with Crippen LogP contribution in [0.5, 0.6) is 0 Å². The molecular weight excluding hydrogens is 216 g/mol. The summed E-state index contributed by atoms with van der Waals surface area (Å²) in [5.74, 6) is 5.33. The molecule has 2 N–H and O–H groups in total. The summed E-state index contributed by atoms with van der Waals surface area (Å²) in [6.07, 6.45) is 2.34. The average Bonchev–Trinajstić information content (AvgIpc) is 2.40. The maximum Gasteiger partial charge on any atom is 0.227 e. The van der Waals surface area contributed by atoms with Gasteiger partial charge in [-0.2, -0.15) is 0 Å². The number of hydrogen-bond donors (Lipinski definition) is 1. The first-order chi connectivity index (χ1) is 8.29. The summed E-state index contributed by atoms with van der Waals surface area (Å²) in [6, 6.07) is 9.79. The Hall–Kier alpha value is -1.39. The van der Waals surface area contributed by atoms with E-state index < -0.39 is 0 Å². The lowest BCUT2D eigenvalue weighted by atomic mass is 10.1. The van der Waals surface area contributed by atoms with Crippen LogP contribution in [-0.2, 0) is 16.1 Å². The zero-order valence-electron chi connectivity index (χ0n) is 9.84. The van der Waals surface area contributed by atoms with E-state index in [1.807, 2.05) is 35.2 Å². The number of carbonyl (C=O) groups is 1. The molecule has 1 atom stereocenters. The van der Waals surface area contributed by atoms with E-state index in [0.717, 1.165) is 24.9 Å². The average molecular weight is 234 g/mol. The third kappa shape index (κ3) is 3.28. The van der Waals surface area contributed by atoms with Gasteiger partial charge >= 0.3 is 0 Å². The molecule has 0 radical (unpaired) electrons. The smallest absolute Gasteiger partial charge is 0.227 e. The Morgan fingerprint density at radius 1 is 1.41 bits per heavy atom. The predicted molar refractivity (Wildman–Crippen MR) is 65.0 cm³/mol. The maximum absolute atomic E-state index is 12.1. The van der Waals surface area contributed by atoms with Crippen LogP contribution in [0.3, 0.4) is 0 Å². The highest BCUT2D eigenvalue weighted by Gasteiger charge is 2.23. The number of piperidine rings is 1. The van der Waals surface area contributed by atoms with E-state index in [0.29, 0.717) is 13.0 Å². The number of hydrogen-bond acceptors (Lipinski definition) is 3. The van der Waals surface area contributed by atoms with Gasteiger partial charge in [0, 0.05) is 13.1 Å². The minimum atomic E-state index is -0.0107. The van der Waals surface area contributed by atoms with Crippen LogP contribution in [0.15, 0.2) is 30.3 Å². The van der Waals surface area contributed by atoms with Crippen molar-refractivity contribution in [2.75, 3.05) is 13.1 Å². The van der Waals surface area contributed by atoms with Crippen LogP contribution in [-0.4, -0.2) is 30.0 Å². The topological polar surface area (TPSA) is 55.6 Å². The maximum atomic E-state index is 12.1. The summed E-state index contributed by atoms with van der Waals surface area (Å²) in [4.78, 5) is 18.7. The van der Waals surface area contributed by atoms with Gasteiger partial charge in [0.2, 0.25) is 5.91 Å². The molecule has 1 amide bonds. The second-order valence-electron chi connectivity index (χ2n) is 4.40. The minimum absolute atomic E-state index is 0.0107. The molecule has 1 heterocycles. The molecule has 1 saturated heterocycles. The van der Waals surface area contributed by atoms with E-state index in [9.17, 15) is 4.79 Å². The zero-order valence-corrected chi connectivity index (χ0v) is 9.84. The second-order valence-corrected chi connectivity index (χ2v) is 4.40. The number of carbonyl (C=O) groups excluding carboxylic acids is 1. The third-order valence-corrected chi connectivity index (χ3v) is 3.12. The van der Waals surface area contributed by atoms with Crippen molar-refractivity contribution in [2.45, 2.75) is 25.4 Å². The minimum Gasteiger partial charge on any atom is -0.340 e. The van der Waals surface area contributed by atoms with Crippen LogP contribution >= 0.6 is 0 Å². The lowest BCUT2D eigenvalue weighted by molar-refractivity contribution is -0.134. The molecule has 1 aliphatic heterocycles. The number of nitrogens with zero attached hydrogens (tertiary/aromatic N) is 1. The van der Waals surface area contributed by atoms with Crippen LogP contribution < -0.4 is 5.90 Å². The monoisotopic (exact) mass is 234 g/mol. The fourth-order valence-corrected chi connectivity index (χ4v) is 2.16. The predicted octanol–water partition coefficient (Wildman–Crippen LogP) is 1.11. The molecule has 1 unspecified atom stereocenters. The van der Waals surface area contributed by atoms with Gasteiger partial charge in [0.25, 0.3) is 0 Å². The quantitative estimate of drug-likeness (QED) is 0.797. The number of nitrogens with two attached hydrogens (primary N) is 1. The Labute approximate surface area is 101 Å². The number of likely N-dealkylation sites (tertiary alicyclic amines) is 1. The summed E-state index contributed by atoms with van der Waals surface area (Å²) in [5, 5.41) is 0. The van der Waals surface area contributed by atoms with E-state index in [4.69, 9.17) is 10.7 Å².